The van der Waals surface area contributed by atoms with Crippen LogP contribution in [0, 0.1) is 0 Å². The number of hydrogen-bond donors (Lipinski definition) is 4. The van der Waals surface area contributed by atoms with Crippen LogP contribution >= 0.6 is 11.8 Å². The average Bonchev–Trinajstić information content (AvgIpc) is 2.66. The Morgan fingerprint density at radius 3 is 2.61 bits per heavy atom. The number of thioether (sulfide) groups is 1. The van der Waals surface area contributed by atoms with E-state index in [0.29, 0.717) is 23.6 Å². The normalized spacial score (nSPS) is 14.2. The van der Waals surface area contributed by atoms with E-state index in [0.717, 1.165) is 6.07 Å². The van der Waals surface area contributed by atoms with E-state index in [1.807, 2.05) is 0 Å². The first-order valence-corrected chi connectivity index (χ1v) is 9.49. The number of amides is 1. The highest BCUT2D eigenvalue weighted by Gasteiger charge is 2.33. The molecular formula is C18H20F3N5OS. The first-order chi connectivity index (χ1) is 13.3. The summed E-state index contributed by atoms with van der Waals surface area (Å²) in [5.41, 5.74) is 6.19. The second-order valence-corrected chi connectivity index (χ2v) is 6.26. The van der Waals surface area contributed by atoms with Crippen molar-refractivity contribution < 1.29 is 18.0 Å². The van der Waals surface area contributed by atoms with E-state index in [1.54, 1.807) is 30.7 Å². The molecule has 0 atom stereocenters. The van der Waals surface area contributed by atoms with Gasteiger partial charge < -0.3 is 10.6 Å². The maximum absolute atomic E-state index is 13.1. The van der Waals surface area contributed by atoms with E-state index < -0.39 is 17.6 Å². The van der Waals surface area contributed by atoms with Gasteiger partial charge in [-0.05, 0) is 44.2 Å². The van der Waals surface area contributed by atoms with Crippen molar-refractivity contribution >= 4 is 35.8 Å². The van der Waals surface area contributed by atoms with Crippen LogP contribution in [-0.2, 0) is 11.0 Å². The third-order valence-electron chi connectivity index (χ3n) is 3.63. The van der Waals surface area contributed by atoms with Crippen molar-refractivity contribution in [3.63, 3.8) is 0 Å². The number of alkyl halides is 3. The highest BCUT2D eigenvalue weighted by molar-refractivity contribution is 8.01. The highest BCUT2D eigenvalue weighted by Crippen LogP contribution is 2.36. The lowest BCUT2D eigenvalue weighted by atomic mass is 10.1. The SMILES string of the molecule is C=N/C(=C\SC)C(=O)NC1=CC=C(c2ccc(C(F)(F)F)c(NCC)c2)NN1. The van der Waals surface area contributed by atoms with Gasteiger partial charge in [0.15, 0.2) is 0 Å². The van der Waals surface area contributed by atoms with Crippen LogP contribution in [0.4, 0.5) is 18.9 Å². The van der Waals surface area contributed by atoms with Crippen molar-refractivity contribution in [3.8, 4) is 0 Å². The number of carbonyl (C=O) groups is 1. The molecule has 4 N–H and O–H groups in total. The third kappa shape index (κ3) is 5.32. The van der Waals surface area contributed by atoms with Gasteiger partial charge in [0.1, 0.15) is 11.5 Å². The van der Waals surface area contributed by atoms with Crippen LogP contribution in [-0.4, -0.2) is 25.4 Å². The molecule has 10 heteroatoms. The number of hydrazine groups is 1. The number of benzene rings is 1. The molecule has 0 radical (unpaired) electrons. The Hall–Kier alpha value is -2.88. The van der Waals surface area contributed by atoms with E-state index in [4.69, 9.17) is 0 Å². The number of allylic oxidation sites excluding steroid dienone is 2. The van der Waals surface area contributed by atoms with Crippen LogP contribution in [0.3, 0.4) is 0 Å². The fraction of sp³-hybridized carbons (Fsp3) is 0.222. The molecule has 150 valence electrons. The van der Waals surface area contributed by atoms with Gasteiger partial charge in [0, 0.05) is 23.2 Å². The molecular weight excluding hydrogens is 391 g/mol. The minimum atomic E-state index is -4.44. The standard InChI is InChI=1S/C18H20F3N5OS/c1-4-23-14-9-11(5-6-12(14)18(19,20)21)13-7-8-16(26-25-13)24-17(27)15(22-2)10-28-3/h5-10,23,25-26H,2,4H2,1,3H3,(H,24,27)/b15-10-. The Balaban J connectivity index is 2.22. The number of carbonyl (C=O) groups excluding carboxylic acids is 1. The summed E-state index contributed by atoms with van der Waals surface area (Å²) in [6.45, 7) is 5.43. The molecule has 1 aliphatic heterocycles. The van der Waals surface area contributed by atoms with Crippen molar-refractivity contribution in [2.45, 2.75) is 13.1 Å². The second kappa shape index (κ2) is 9.36. The lowest BCUT2D eigenvalue weighted by Crippen LogP contribution is -2.40. The van der Waals surface area contributed by atoms with Gasteiger partial charge in [-0.3, -0.25) is 20.6 Å². The summed E-state index contributed by atoms with van der Waals surface area (Å²) < 4.78 is 39.4. The topological polar surface area (TPSA) is 77.5 Å². The van der Waals surface area contributed by atoms with Crippen molar-refractivity contribution in [1.29, 1.82) is 0 Å². The van der Waals surface area contributed by atoms with Gasteiger partial charge >= 0.3 is 6.18 Å². The average molecular weight is 411 g/mol. The molecule has 0 aromatic heterocycles. The molecule has 0 saturated heterocycles. The van der Waals surface area contributed by atoms with Gasteiger partial charge in [0.2, 0.25) is 0 Å². The monoisotopic (exact) mass is 411 g/mol. The fourth-order valence-corrected chi connectivity index (χ4v) is 2.79. The number of nitrogens with zero attached hydrogens (tertiary/aromatic N) is 1. The maximum atomic E-state index is 13.1. The zero-order chi connectivity index (χ0) is 20.7. The van der Waals surface area contributed by atoms with Crippen LogP contribution in [0.15, 0.2) is 52.3 Å². The van der Waals surface area contributed by atoms with Gasteiger partial charge in [-0.25, -0.2) is 0 Å². The van der Waals surface area contributed by atoms with Gasteiger partial charge in [0.25, 0.3) is 5.91 Å². The number of rotatable bonds is 7. The number of halogens is 3. The van der Waals surface area contributed by atoms with E-state index in [1.165, 1.54) is 23.9 Å². The lowest BCUT2D eigenvalue weighted by molar-refractivity contribution is -0.137. The number of aliphatic imine (C=N–C) groups is 1. The summed E-state index contributed by atoms with van der Waals surface area (Å²) in [5, 5.41) is 6.91. The molecule has 1 aliphatic rings. The summed E-state index contributed by atoms with van der Waals surface area (Å²) in [7, 11) is 0. The van der Waals surface area contributed by atoms with Crippen LogP contribution in [0.5, 0.6) is 0 Å². The lowest BCUT2D eigenvalue weighted by Gasteiger charge is -2.21. The number of hydrogen-bond acceptors (Lipinski definition) is 6. The zero-order valence-electron chi connectivity index (χ0n) is 15.3. The first kappa shape index (κ1) is 21.4. The molecule has 0 fully saturated rings. The first-order valence-electron chi connectivity index (χ1n) is 8.20. The Kier molecular flexibility index (Phi) is 7.16. The quantitative estimate of drug-likeness (QED) is 0.408. The van der Waals surface area contributed by atoms with Crippen LogP contribution in [0.1, 0.15) is 18.1 Å². The van der Waals surface area contributed by atoms with Crippen LogP contribution in [0.25, 0.3) is 5.70 Å². The Labute approximate surface area is 165 Å². The summed E-state index contributed by atoms with van der Waals surface area (Å²) in [4.78, 5) is 15.7. The predicted molar refractivity (Wildman–Crippen MR) is 107 cm³/mol. The number of anilines is 1. The van der Waals surface area contributed by atoms with E-state index in [9.17, 15) is 18.0 Å². The molecule has 1 heterocycles. The fourth-order valence-electron chi connectivity index (χ4n) is 2.38. The Morgan fingerprint density at radius 2 is 2.07 bits per heavy atom. The van der Waals surface area contributed by atoms with Crippen molar-refractivity contribution in [1.82, 2.24) is 16.2 Å². The van der Waals surface area contributed by atoms with Gasteiger partial charge in [-0.2, -0.15) is 13.2 Å². The summed E-state index contributed by atoms with van der Waals surface area (Å²) in [6.07, 6.45) is 0.581. The van der Waals surface area contributed by atoms with E-state index >= 15 is 0 Å². The summed E-state index contributed by atoms with van der Waals surface area (Å²) >= 11 is 1.32. The third-order valence-corrected chi connectivity index (χ3v) is 4.09. The van der Waals surface area contributed by atoms with Gasteiger partial charge in [-0.1, -0.05) is 6.07 Å². The smallest absolute Gasteiger partial charge is 0.385 e. The van der Waals surface area contributed by atoms with Crippen LogP contribution in [0.2, 0.25) is 0 Å². The Bertz CT molecular complexity index is 846. The van der Waals surface area contributed by atoms with Crippen LogP contribution < -0.4 is 21.5 Å². The molecule has 0 bridgehead atoms. The molecule has 0 saturated carbocycles. The predicted octanol–water partition coefficient (Wildman–Crippen LogP) is 3.45. The minimum Gasteiger partial charge on any atom is -0.385 e. The van der Waals surface area contributed by atoms with Crippen molar-refractivity contribution in [2.24, 2.45) is 4.99 Å². The van der Waals surface area contributed by atoms with E-state index in [2.05, 4.69) is 33.2 Å². The molecule has 0 spiro atoms. The van der Waals surface area contributed by atoms with Gasteiger partial charge in [-0.15, -0.1) is 11.8 Å². The zero-order valence-corrected chi connectivity index (χ0v) is 16.1. The minimum absolute atomic E-state index is 0.00202. The molecule has 28 heavy (non-hydrogen) atoms. The summed E-state index contributed by atoms with van der Waals surface area (Å²) in [6, 6.07) is 3.83. The molecule has 1 amide bonds. The second-order valence-electron chi connectivity index (χ2n) is 5.55. The largest absolute Gasteiger partial charge is 0.418 e. The molecule has 1 aromatic carbocycles. The maximum Gasteiger partial charge on any atom is 0.418 e. The molecule has 6 nitrogen and oxygen atoms in total. The van der Waals surface area contributed by atoms with Crippen molar-refractivity contribution in [3.05, 3.63) is 58.4 Å². The molecule has 0 aliphatic carbocycles. The van der Waals surface area contributed by atoms with Gasteiger partial charge in [0.05, 0.1) is 11.3 Å². The Morgan fingerprint density at radius 1 is 1.32 bits per heavy atom. The molecule has 0 unspecified atom stereocenters. The molecule has 2 rings (SSSR count). The summed E-state index contributed by atoms with van der Waals surface area (Å²) in [5.74, 6) is -0.0751. The molecule has 1 aromatic rings. The highest BCUT2D eigenvalue weighted by atomic mass is 32.2. The number of nitrogens with one attached hydrogen (secondary N) is 4. The van der Waals surface area contributed by atoms with E-state index in [-0.39, 0.29) is 11.4 Å². The van der Waals surface area contributed by atoms with Crippen molar-refractivity contribution in [2.75, 3.05) is 18.1 Å².